The topological polar surface area (TPSA) is 67.5 Å². The Morgan fingerprint density at radius 2 is 2.17 bits per heavy atom. The van der Waals surface area contributed by atoms with Crippen LogP contribution in [0.15, 0.2) is 12.4 Å². The molecule has 0 radical (unpaired) electrons. The van der Waals surface area contributed by atoms with E-state index in [1.54, 1.807) is 6.92 Å². The largest absolute Gasteiger partial charge is 0.476 e. The van der Waals surface area contributed by atoms with Crippen LogP contribution < -0.4 is 0 Å². The molecule has 0 spiro atoms. The molecule has 0 aliphatic carbocycles. The van der Waals surface area contributed by atoms with E-state index in [1.807, 2.05) is 0 Å². The van der Waals surface area contributed by atoms with Crippen molar-refractivity contribution in [3.05, 3.63) is 29.2 Å². The summed E-state index contributed by atoms with van der Waals surface area (Å²) in [4.78, 5) is 14.4. The number of carboxylic acid groups (broad SMARTS) is 1. The lowest BCUT2D eigenvalue weighted by Gasteiger charge is -2.04. The fourth-order valence-corrected chi connectivity index (χ4v) is 1.57. The maximum absolute atomic E-state index is 12.8. The molecule has 0 unspecified atom stereocenters. The molecule has 0 fully saturated rings. The van der Waals surface area contributed by atoms with Gasteiger partial charge in [0.05, 0.1) is 0 Å². The van der Waals surface area contributed by atoms with Gasteiger partial charge in [-0.25, -0.2) is 14.3 Å². The summed E-state index contributed by atoms with van der Waals surface area (Å²) in [5.41, 5.74) is -2.20. The lowest BCUT2D eigenvalue weighted by Crippen LogP contribution is -2.11. The highest BCUT2D eigenvalue weighted by atomic mass is 19.4. The van der Waals surface area contributed by atoms with Crippen molar-refractivity contribution in [2.45, 2.75) is 19.5 Å². The van der Waals surface area contributed by atoms with Crippen LogP contribution in [0.2, 0.25) is 0 Å². The molecule has 5 nitrogen and oxygen atoms in total. The van der Waals surface area contributed by atoms with E-state index in [9.17, 15) is 18.0 Å². The minimum atomic E-state index is -4.81. The van der Waals surface area contributed by atoms with E-state index in [2.05, 4.69) is 10.1 Å². The molecule has 0 atom stereocenters. The van der Waals surface area contributed by atoms with Gasteiger partial charge in [0.25, 0.3) is 0 Å². The number of halogens is 3. The Morgan fingerprint density at radius 3 is 2.67 bits per heavy atom. The van der Waals surface area contributed by atoms with Crippen LogP contribution in [0.3, 0.4) is 0 Å². The van der Waals surface area contributed by atoms with Crippen molar-refractivity contribution in [2.75, 3.05) is 0 Å². The highest BCUT2D eigenvalue weighted by Crippen LogP contribution is 2.34. The summed E-state index contributed by atoms with van der Waals surface area (Å²) in [7, 11) is 0. The van der Waals surface area contributed by atoms with Crippen molar-refractivity contribution in [1.29, 1.82) is 0 Å². The summed E-state index contributed by atoms with van der Waals surface area (Å²) in [5.74, 6) is -1.73. The fourth-order valence-electron chi connectivity index (χ4n) is 1.57. The van der Waals surface area contributed by atoms with Gasteiger partial charge in [-0.2, -0.15) is 18.3 Å². The molecule has 2 aromatic rings. The average Bonchev–Trinajstić information content (AvgIpc) is 2.66. The van der Waals surface area contributed by atoms with Crippen molar-refractivity contribution < 1.29 is 23.1 Å². The molecule has 96 valence electrons. The molecule has 1 N–H and O–H groups in total. The lowest BCUT2D eigenvalue weighted by molar-refractivity contribution is -0.137. The van der Waals surface area contributed by atoms with Crippen LogP contribution in [0.5, 0.6) is 0 Å². The minimum Gasteiger partial charge on any atom is -0.476 e. The van der Waals surface area contributed by atoms with Gasteiger partial charge < -0.3 is 5.11 Å². The van der Waals surface area contributed by atoms with Gasteiger partial charge in [0.15, 0.2) is 11.3 Å². The summed E-state index contributed by atoms with van der Waals surface area (Å²) in [5, 5.41) is 12.2. The standard InChI is InChI=1S/C10H8F3N3O2/c1-2-5-3-14-8-6(10(11,12)13)7(9(17)18)15-16(8)4-5/h3-4H,2H2,1H3,(H,17,18). The fraction of sp³-hybridized carbons (Fsp3) is 0.300. The van der Waals surface area contributed by atoms with Gasteiger partial charge in [0.2, 0.25) is 0 Å². The Kier molecular flexibility index (Phi) is 2.72. The van der Waals surface area contributed by atoms with Crippen LogP contribution in [-0.2, 0) is 12.6 Å². The van der Waals surface area contributed by atoms with E-state index < -0.39 is 29.1 Å². The first-order chi connectivity index (χ1) is 8.34. The zero-order valence-corrected chi connectivity index (χ0v) is 9.19. The van der Waals surface area contributed by atoms with Crippen molar-refractivity contribution in [3.63, 3.8) is 0 Å². The van der Waals surface area contributed by atoms with Crippen LogP contribution in [0, 0.1) is 0 Å². The van der Waals surface area contributed by atoms with Crippen LogP contribution in [0.25, 0.3) is 5.65 Å². The minimum absolute atomic E-state index is 0.503. The van der Waals surface area contributed by atoms with Crippen molar-refractivity contribution in [3.8, 4) is 0 Å². The second-order valence-electron chi connectivity index (χ2n) is 3.61. The normalized spacial score (nSPS) is 12.0. The van der Waals surface area contributed by atoms with E-state index in [-0.39, 0.29) is 0 Å². The van der Waals surface area contributed by atoms with Crippen LogP contribution in [0.1, 0.15) is 28.5 Å². The highest BCUT2D eigenvalue weighted by Gasteiger charge is 2.41. The monoisotopic (exact) mass is 259 g/mol. The Balaban J connectivity index is 2.80. The number of nitrogens with zero attached hydrogens (tertiary/aromatic N) is 3. The average molecular weight is 259 g/mol. The molecular weight excluding hydrogens is 251 g/mol. The molecule has 0 amide bonds. The molecule has 2 heterocycles. The summed E-state index contributed by atoms with van der Waals surface area (Å²) in [6, 6.07) is 0. The zero-order chi connectivity index (χ0) is 13.5. The maximum Gasteiger partial charge on any atom is 0.422 e. The summed E-state index contributed by atoms with van der Waals surface area (Å²) in [6.07, 6.45) is -1.63. The maximum atomic E-state index is 12.8. The number of aryl methyl sites for hydroxylation is 1. The molecule has 8 heteroatoms. The van der Waals surface area contributed by atoms with E-state index in [0.29, 0.717) is 12.0 Å². The van der Waals surface area contributed by atoms with Gasteiger partial charge >= 0.3 is 12.1 Å². The number of hydrogen-bond donors (Lipinski definition) is 1. The van der Waals surface area contributed by atoms with Gasteiger partial charge in [0, 0.05) is 12.4 Å². The van der Waals surface area contributed by atoms with Gasteiger partial charge in [0.1, 0.15) is 5.56 Å². The molecule has 0 saturated carbocycles. The number of carboxylic acids is 1. The molecule has 18 heavy (non-hydrogen) atoms. The predicted octanol–water partition coefficient (Wildman–Crippen LogP) is 2.01. The molecular formula is C10H8F3N3O2. The Labute approximate surface area is 98.9 Å². The van der Waals surface area contributed by atoms with E-state index in [0.717, 1.165) is 4.52 Å². The zero-order valence-electron chi connectivity index (χ0n) is 9.19. The number of hydrogen-bond acceptors (Lipinski definition) is 3. The molecule has 0 bridgehead atoms. The smallest absolute Gasteiger partial charge is 0.422 e. The lowest BCUT2D eigenvalue weighted by atomic mass is 10.2. The Bertz CT molecular complexity index is 619. The van der Waals surface area contributed by atoms with Crippen LogP contribution in [-0.4, -0.2) is 25.7 Å². The number of rotatable bonds is 2. The first-order valence-corrected chi connectivity index (χ1v) is 5.02. The summed E-state index contributed by atoms with van der Waals surface area (Å²) < 4.78 is 39.2. The molecule has 0 aliphatic heterocycles. The number of aromatic carboxylic acids is 1. The van der Waals surface area contributed by atoms with Gasteiger partial charge in [-0.3, -0.25) is 0 Å². The number of alkyl halides is 3. The van der Waals surface area contributed by atoms with E-state index >= 15 is 0 Å². The van der Waals surface area contributed by atoms with E-state index in [4.69, 9.17) is 5.11 Å². The van der Waals surface area contributed by atoms with Crippen molar-refractivity contribution >= 4 is 11.6 Å². The number of aromatic nitrogens is 3. The third-order valence-electron chi connectivity index (χ3n) is 2.42. The second-order valence-corrected chi connectivity index (χ2v) is 3.61. The third kappa shape index (κ3) is 1.89. The van der Waals surface area contributed by atoms with E-state index in [1.165, 1.54) is 12.4 Å². The molecule has 2 rings (SSSR count). The molecule has 2 aromatic heterocycles. The first kappa shape index (κ1) is 12.3. The van der Waals surface area contributed by atoms with Gasteiger partial charge in [-0.05, 0) is 12.0 Å². The van der Waals surface area contributed by atoms with Crippen LogP contribution >= 0.6 is 0 Å². The SMILES string of the molecule is CCc1cnc2c(C(F)(F)F)c(C(=O)O)nn2c1. The molecule has 0 aromatic carbocycles. The Hall–Kier alpha value is -2.12. The number of carbonyl (C=O) groups is 1. The van der Waals surface area contributed by atoms with Gasteiger partial charge in [-0.1, -0.05) is 6.92 Å². The van der Waals surface area contributed by atoms with Crippen molar-refractivity contribution in [1.82, 2.24) is 14.6 Å². The first-order valence-electron chi connectivity index (χ1n) is 5.02. The third-order valence-corrected chi connectivity index (χ3v) is 2.42. The van der Waals surface area contributed by atoms with Crippen LogP contribution in [0.4, 0.5) is 13.2 Å². The second kappa shape index (κ2) is 3.97. The number of fused-ring (bicyclic) bond motifs is 1. The Morgan fingerprint density at radius 1 is 1.50 bits per heavy atom. The highest BCUT2D eigenvalue weighted by molar-refractivity contribution is 5.89. The quantitative estimate of drug-likeness (QED) is 0.895. The predicted molar refractivity (Wildman–Crippen MR) is 54.3 cm³/mol. The molecule has 0 saturated heterocycles. The molecule has 0 aliphatic rings. The summed E-state index contributed by atoms with van der Waals surface area (Å²) in [6.45, 7) is 1.80. The van der Waals surface area contributed by atoms with Crippen molar-refractivity contribution in [2.24, 2.45) is 0 Å². The van der Waals surface area contributed by atoms with Gasteiger partial charge in [-0.15, -0.1) is 0 Å². The summed E-state index contributed by atoms with van der Waals surface area (Å²) >= 11 is 0.